The lowest BCUT2D eigenvalue weighted by Gasteiger charge is -2.31. The number of hydrogen-bond donors (Lipinski definition) is 0. The van der Waals surface area contributed by atoms with Crippen LogP contribution in [0.5, 0.6) is 17.2 Å². The molecule has 1 aliphatic heterocycles. The molecule has 0 aromatic heterocycles. The van der Waals surface area contributed by atoms with E-state index in [1.807, 2.05) is 31.2 Å². The highest BCUT2D eigenvalue weighted by Gasteiger charge is 2.31. The Labute approximate surface area is 189 Å². The summed E-state index contributed by atoms with van der Waals surface area (Å²) >= 11 is 6.46. The van der Waals surface area contributed by atoms with Crippen molar-refractivity contribution in [2.75, 3.05) is 13.2 Å². The number of fused-ring (bicyclic) bond motifs is 1. The summed E-state index contributed by atoms with van der Waals surface area (Å²) in [4.78, 5) is 11.3. The number of rotatable bonds is 8. The molecule has 4 rings (SSSR count). The molecule has 166 valence electrons. The molecular formula is C26H31ClO4. The molecule has 0 radical (unpaired) electrons. The van der Waals surface area contributed by atoms with Crippen molar-refractivity contribution >= 4 is 17.9 Å². The maximum absolute atomic E-state index is 11.3. The number of aldehydes is 1. The van der Waals surface area contributed by atoms with Crippen LogP contribution in [0.2, 0.25) is 5.02 Å². The van der Waals surface area contributed by atoms with Gasteiger partial charge in [-0.15, -0.1) is 0 Å². The van der Waals surface area contributed by atoms with Crippen molar-refractivity contribution in [2.45, 2.75) is 69.8 Å². The number of benzene rings is 2. The van der Waals surface area contributed by atoms with Crippen LogP contribution in [0, 0.1) is 0 Å². The molecule has 1 fully saturated rings. The van der Waals surface area contributed by atoms with Crippen molar-refractivity contribution in [3.05, 3.63) is 52.5 Å². The molecule has 0 N–H and O–H groups in total. The summed E-state index contributed by atoms with van der Waals surface area (Å²) in [6, 6.07) is 12.1. The molecule has 1 heterocycles. The van der Waals surface area contributed by atoms with Gasteiger partial charge in [0.25, 0.3) is 0 Å². The van der Waals surface area contributed by atoms with Crippen LogP contribution in [-0.2, 0) is 11.2 Å². The molecule has 2 aromatic carbocycles. The summed E-state index contributed by atoms with van der Waals surface area (Å²) in [6.45, 7) is 2.88. The molecule has 0 saturated heterocycles. The third-order valence-corrected chi connectivity index (χ3v) is 6.66. The fraction of sp³-hybridized carbons (Fsp3) is 0.500. The molecule has 2 aliphatic rings. The third kappa shape index (κ3) is 5.54. The van der Waals surface area contributed by atoms with Crippen LogP contribution in [0.1, 0.15) is 68.9 Å². The van der Waals surface area contributed by atoms with Crippen molar-refractivity contribution < 1.29 is 19.0 Å². The standard InChI is InChI=1S/C26H31ClO4/c1-26(18-28)13-12-20-8-10-22(17-25(20)31-26)29-14-5-15-30-24-11-9-21(16-23(24)27)19-6-3-2-4-7-19/h8-11,16-19H,2-7,12-15H2,1H3. The van der Waals surface area contributed by atoms with Crippen LogP contribution in [0.15, 0.2) is 36.4 Å². The molecule has 5 heteroatoms. The predicted octanol–water partition coefficient (Wildman–Crippen LogP) is 6.52. The Morgan fingerprint density at radius 3 is 2.68 bits per heavy atom. The number of carbonyl (C=O) groups is 1. The first-order chi connectivity index (χ1) is 15.1. The topological polar surface area (TPSA) is 44.8 Å². The molecular weight excluding hydrogens is 412 g/mol. The first-order valence-corrected chi connectivity index (χ1v) is 11.8. The lowest BCUT2D eigenvalue weighted by molar-refractivity contribution is -0.121. The molecule has 1 atom stereocenters. The van der Waals surface area contributed by atoms with Crippen molar-refractivity contribution in [3.8, 4) is 17.2 Å². The Morgan fingerprint density at radius 1 is 1.10 bits per heavy atom. The second-order valence-electron chi connectivity index (χ2n) is 8.88. The maximum Gasteiger partial charge on any atom is 0.163 e. The van der Waals surface area contributed by atoms with Gasteiger partial charge in [-0.05, 0) is 67.9 Å². The molecule has 1 saturated carbocycles. The highest BCUT2D eigenvalue weighted by Crippen LogP contribution is 2.37. The number of hydrogen-bond acceptors (Lipinski definition) is 4. The summed E-state index contributed by atoms with van der Waals surface area (Å²) in [5.41, 5.74) is 1.70. The van der Waals surface area contributed by atoms with Gasteiger partial charge < -0.3 is 14.2 Å². The van der Waals surface area contributed by atoms with Gasteiger partial charge in [0.2, 0.25) is 0 Å². The molecule has 31 heavy (non-hydrogen) atoms. The van der Waals surface area contributed by atoms with E-state index in [9.17, 15) is 4.79 Å². The normalized spacial score (nSPS) is 21.1. The Kier molecular flexibility index (Phi) is 7.06. The van der Waals surface area contributed by atoms with Gasteiger partial charge in [-0.25, -0.2) is 0 Å². The number of halogens is 1. The van der Waals surface area contributed by atoms with E-state index in [-0.39, 0.29) is 0 Å². The largest absolute Gasteiger partial charge is 0.493 e. The van der Waals surface area contributed by atoms with Gasteiger partial charge in [-0.3, -0.25) is 4.79 Å². The van der Waals surface area contributed by atoms with Crippen LogP contribution in [0.4, 0.5) is 0 Å². The van der Waals surface area contributed by atoms with E-state index in [2.05, 4.69) is 12.1 Å². The van der Waals surface area contributed by atoms with Crippen LogP contribution in [0.3, 0.4) is 0 Å². The quantitative estimate of drug-likeness (QED) is 0.345. The Bertz CT molecular complexity index is 906. The molecule has 0 spiro atoms. The zero-order chi connectivity index (χ0) is 21.7. The lowest BCUT2D eigenvalue weighted by atomic mass is 9.84. The van der Waals surface area contributed by atoms with Crippen molar-refractivity contribution in [2.24, 2.45) is 0 Å². The van der Waals surface area contributed by atoms with Crippen molar-refractivity contribution in [1.82, 2.24) is 0 Å². The Hall–Kier alpha value is -2.20. The summed E-state index contributed by atoms with van der Waals surface area (Å²) in [5, 5.41) is 0.689. The minimum atomic E-state index is -0.745. The Morgan fingerprint density at radius 2 is 1.90 bits per heavy atom. The highest BCUT2D eigenvalue weighted by atomic mass is 35.5. The van der Waals surface area contributed by atoms with Gasteiger partial charge in [0.1, 0.15) is 17.2 Å². The predicted molar refractivity (Wildman–Crippen MR) is 123 cm³/mol. The molecule has 1 aliphatic carbocycles. The molecule has 4 nitrogen and oxygen atoms in total. The Balaban J connectivity index is 1.23. The van der Waals surface area contributed by atoms with E-state index in [1.54, 1.807) is 0 Å². The summed E-state index contributed by atoms with van der Waals surface area (Å²) in [7, 11) is 0. The minimum Gasteiger partial charge on any atom is -0.493 e. The number of aryl methyl sites for hydroxylation is 1. The van der Waals surface area contributed by atoms with Crippen LogP contribution >= 0.6 is 11.6 Å². The maximum atomic E-state index is 11.3. The van der Waals surface area contributed by atoms with E-state index >= 15 is 0 Å². The number of ether oxygens (including phenoxy) is 3. The molecule has 0 bridgehead atoms. The van der Waals surface area contributed by atoms with Crippen molar-refractivity contribution in [1.29, 1.82) is 0 Å². The highest BCUT2D eigenvalue weighted by molar-refractivity contribution is 6.32. The summed E-state index contributed by atoms with van der Waals surface area (Å²) < 4.78 is 17.6. The second-order valence-corrected chi connectivity index (χ2v) is 9.28. The molecule has 2 aromatic rings. The van der Waals surface area contributed by atoms with Crippen LogP contribution in [0.25, 0.3) is 0 Å². The van der Waals surface area contributed by atoms with E-state index in [1.165, 1.54) is 37.7 Å². The van der Waals surface area contributed by atoms with Crippen LogP contribution in [-0.4, -0.2) is 25.1 Å². The molecule has 0 amide bonds. The fourth-order valence-electron chi connectivity index (χ4n) is 4.45. The minimum absolute atomic E-state index is 0.529. The van der Waals surface area contributed by atoms with Crippen molar-refractivity contribution in [3.63, 3.8) is 0 Å². The lowest BCUT2D eigenvalue weighted by Crippen LogP contribution is -2.37. The average Bonchev–Trinajstić information content (AvgIpc) is 2.80. The van der Waals surface area contributed by atoms with E-state index in [4.69, 9.17) is 25.8 Å². The van der Waals surface area contributed by atoms with E-state index in [0.29, 0.717) is 30.6 Å². The van der Waals surface area contributed by atoms with Gasteiger partial charge in [0.05, 0.1) is 18.2 Å². The summed E-state index contributed by atoms with van der Waals surface area (Å²) in [6.07, 6.45) is 9.65. The SMILES string of the molecule is CC1(C=O)CCc2ccc(OCCCOc3ccc(C4CCCCC4)cc3Cl)cc2O1. The zero-order valence-corrected chi connectivity index (χ0v) is 19.0. The molecule has 1 unspecified atom stereocenters. The first kappa shape index (κ1) is 22.0. The third-order valence-electron chi connectivity index (χ3n) is 6.37. The van der Waals surface area contributed by atoms with Gasteiger partial charge >= 0.3 is 0 Å². The summed E-state index contributed by atoms with van der Waals surface area (Å²) in [5.74, 6) is 2.85. The second kappa shape index (κ2) is 9.95. The smallest absolute Gasteiger partial charge is 0.163 e. The zero-order valence-electron chi connectivity index (χ0n) is 18.2. The average molecular weight is 443 g/mol. The van der Waals surface area contributed by atoms with Gasteiger partial charge in [-0.1, -0.05) is 43.0 Å². The van der Waals surface area contributed by atoms with Gasteiger partial charge in [0.15, 0.2) is 11.9 Å². The van der Waals surface area contributed by atoms with Gasteiger partial charge in [-0.2, -0.15) is 0 Å². The van der Waals surface area contributed by atoms with Crippen LogP contribution < -0.4 is 14.2 Å². The monoisotopic (exact) mass is 442 g/mol. The fourth-order valence-corrected chi connectivity index (χ4v) is 4.69. The number of carbonyl (C=O) groups excluding carboxylic acids is 1. The van der Waals surface area contributed by atoms with E-state index < -0.39 is 5.60 Å². The first-order valence-electron chi connectivity index (χ1n) is 11.4. The van der Waals surface area contributed by atoms with Gasteiger partial charge in [0, 0.05) is 12.5 Å². The van der Waals surface area contributed by atoms with E-state index in [0.717, 1.165) is 41.9 Å².